The van der Waals surface area contributed by atoms with Crippen molar-refractivity contribution in [3.63, 3.8) is 0 Å². The summed E-state index contributed by atoms with van der Waals surface area (Å²) < 4.78 is 5.01. The first-order valence-electron chi connectivity index (χ1n) is 8.06. The maximum Gasteiger partial charge on any atom is 0.330 e. The molecule has 0 aromatic heterocycles. The molecule has 1 N–H and O–H groups in total. The number of nitrogens with zero attached hydrogens (tertiary/aromatic N) is 1. The van der Waals surface area contributed by atoms with Crippen LogP contribution < -0.4 is 0 Å². The number of carbonyl (C=O) groups is 2. The molecule has 3 atom stereocenters. The predicted octanol–water partition coefficient (Wildman–Crippen LogP) is 2.18. The minimum Gasteiger partial charge on any atom is -0.459 e. The van der Waals surface area contributed by atoms with E-state index in [1.165, 1.54) is 0 Å². The van der Waals surface area contributed by atoms with Gasteiger partial charge in [0, 0.05) is 4.75 Å². The van der Waals surface area contributed by atoms with E-state index < -0.39 is 22.3 Å². The third kappa shape index (κ3) is 2.82. The van der Waals surface area contributed by atoms with Gasteiger partial charge in [-0.25, -0.2) is 4.79 Å². The Bertz CT molecular complexity index is 653. The van der Waals surface area contributed by atoms with Gasteiger partial charge in [-0.05, 0) is 33.3 Å². The SMILES string of the molecule is CC(C)(O)[C@@H]1C(=O)N2[C@@H]1SC(C)(C)[C@@H]2C(=O)OCc1ccccc1. The van der Waals surface area contributed by atoms with Crippen LogP contribution in [0.5, 0.6) is 0 Å². The smallest absolute Gasteiger partial charge is 0.330 e. The van der Waals surface area contributed by atoms with Gasteiger partial charge < -0.3 is 14.7 Å². The van der Waals surface area contributed by atoms with Crippen LogP contribution in [0.4, 0.5) is 0 Å². The normalized spacial score (nSPS) is 28.3. The molecule has 0 radical (unpaired) electrons. The molecule has 2 saturated heterocycles. The van der Waals surface area contributed by atoms with Crippen molar-refractivity contribution in [2.24, 2.45) is 5.92 Å². The van der Waals surface area contributed by atoms with E-state index in [4.69, 9.17) is 4.74 Å². The summed E-state index contributed by atoms with van der Waals surface area (Å²) in [6.45, 7) is 7.36. The van der Waals surface area contributed by atoms with Crippen LogP contribution in [-0.4, -0.2) is 43.6 Å². The molecule has 0 spiro atoms. The van der Waals surface area contributed by atoms with Crippen LogP contribution in [0.3, 0.4) is 0 Å². The van der Waals surface area contributed by atoms with Crippen molar-refractivity contribution in [3.8, 4) is 0 Å². The average Bonchev–Trinajstić information content (AvgIpc) is 2.72. The lowest BCUT2D eigenvalue weighted by Crippen LogP contribution is -2.67. The summed E-state index contributed by atoms with van der Waals surface area (Å²) in [7, 11) is 0. The van der Waals surface area contributed by atoms with Crippen LogP contribution in [0.25, 0.3) is 0 Å². The standard InChI is InChI=1S/C18H23NO4S/c1-17(2,22)12-14(20)19-13(18(3,4)24-15(12)19)16(21)23-10-11-8-6-5-7-9-11/h5-9,12-13,15,22H,10H2,1-4H3/t12-,13+,15-/m1/s1. The van der Waals surface area contributed by atoms with Crippen LogP contribution >= 0.6 is 11.8 Å². The fourth-order valence-electron chi connectivity index (χ4n) is 3.45. The molecule has 0 unspecified atom stereocenters. The van der Waals surface area contributed by atoms with E-state index in [0.717, 1.165) is 5.56 Å². The average molecular weight is 349 g/mol. The minimum absolute atomic E-state index is 0.174. The van der Waals surface area contributed by atoms with Gasteiger partial charge in [0.25, 0.3) is 0 Å². The summed E-state index contributed by atoms with van der Waals surface area (Å²) in [5.41, 5.74) is -0.181. The van der Waals surface area contributed by atoms with Gasteiger partial charge >= 0.3 is 5.97 Å². The van der Waals surface area contributed by atoms with E-state index in [0.29, 0.717) is 0 Å². The lowest BCUT2D eigenvalue weighted by atomic mass is 9.81. The number of fused-ring (bicyclic) bond motifs is 1. The number of rotatable bonds is 4. The molecule has 6 heteroatoms. The quantitative estimate of drug-likeness (QED) is 0.667. The molecule has 1 aromatic rings. The zero-order valence-electron chi connectivity index (χ0n) is 14.4. The molecular weight excluding hydrogens is 326 g/mol. The van der Waals surface area contributed by atoms with Gasteiger partial charge in [0.15, 0.2) is 0 Å². The molecule has 1 aromatic carbocycles. The lowest BCUT2D eigenvalue weighted by molar-refractivity contribution is -0.177. The van der Waals surface area contributed by atoms with E-state index >= 15 is 0 Å². The fraction of sp³-hybridized carbons (Fsp3) is 0.556. The first-order chi connectivity index (χ1) is 11.1. The second-order valence-corrected chi connectivity index (χ2v) is 9.26. The number of carbonyl (C=O) groups excluding carboxylic acids is 2. The monoisotopic (exact) mass is 349 g/mol. The molecule has 0 bridgehead atoms. The van der Waals surface area contributed by atoms with Crippen molar-refractivity contribution in [1.29, 1.82) is 0 Å². The number of ether oxygens (including phenoxy) is 1. The second-order valence-electron chi connectivity index (χ2n) is 7.48. The van der Waals surface area contributed by atoms with Gasteiger partial charge in [-0.2, -0.15) is 0 Å². The molecule has 2 heterocycles. The first kappa shape index (κ1) is 17.3. The molecule has 2 aliphatic rings. The van der Waals surface area contributed by atoms with Gasteiger partial charge in [-0.3, -0.25) is 4.79 Å². The Morgan fingerprint density at radius 1 is 1.33 bits per heavy atom. The molecule has 0 saturated carbocycles. The van der Waals surface area contributed by atoms with Crippen molar-refractivity contribution in [3.05, 3.63) is 35.9 Å². The van der Waals surface area contributed by atoms with Crippen molar-refractivity contribution >= 4 is 23.6 Å². The van der Waals surface area contributed by atoms with Gasteiger partial charge in [-0.1, -0.05) is 30.3 Å². The highest BCUT2D eigenvalue weighted by atomic mass is 32.2. The minimum atomic E-state index is -1.09. The molecule has 2 fully saturated rings. The maximum absolute atomic E-state index is 12.6. The maximum atomic E-state index is 12.6. The molecule has 0 aliphatic carbocycles. The Labute approximate surface area is 146 Å². The van der Waals surface area contributed by atoms with E-state index in [9.17, 15) is 14.7 Å². The molecule has 3 rings (SSSR count). The summed E-state index contributed by atoms with van der Waals surface area (Å²) in [6, 6.07) is 8.85. The highest BCUT2D eigenvalue weighted by Crippen LogP contribution is 2.55. The predicted molar refractivity (Wildman–Crippen MR) is 92.1 cm³/mol. The van der Waals surface area contributed by atoms with Gasteiger partial charge in [0.2, 0.25) is 5.91 Å². The topological polar surface area (TPSA) is 66.8 Å². The largest absolute Gasteiger partial charge is 0.459 e. The summed E-state index contributed by atoms with van der Waals surface area (Å²) in [6.07, 6.45) is 0. The van der Waals surface area contributed by atoms with Crippen molar-refractivity contribution in [2.75, 3.05) is 0 Å². The molecule has 1 amide bonds. The molecule has 24 heavy (non-hydrogen) atoms. The van der Waals surface area contributed by atoms with Crippen molar-refractivity contribution in [1.82, 2.24) is 4.90 Å². The highest BCUT2D eigenvalue weighted by Gasteiger charge is 2.66. The number of aliphatic hydroxyl groups is 1. The Morgan fingerprint density at radius 2 is 1.96 bits per heavy atom. The summed E-state index contributed by atoms with van der Waals surface area (Å²) >= 11 is 1.56. The Balaban J connectivity index is 1.73. The zero-order valence-corrected chi connectivity index (χ0v) is 15.2. The lowest BCUT2D eigenvalue weighted by Gasteiger charge is -2.48. The van der Waals surface area contributed by atoms with Gasteiger partial charge in [-0.15, -0.1) is 11.8 Å². The van der Waals surface area contributed by atoms with E-state index in [2.05, 4.69) is 0 Å². The van der Waals surface area contributed by atoms with Gasteiger partial charge in [0.1, 0.15) is 12.6 Å². The van der Waals surface area contributed by atoms with Crippen molar-refractivity contribution < 1.29 is 19.4 Å². The molecule has 5 nitrogen and oxygen atoms in total. The van der Waals surface area contributed by atoms with Gasteiger partial charge in [0.05, 0.1) is 16.9 Å². The molecular formula is C18H23NO4S. The van der Waals surface area contributed by atoms with Crippen LogP contribution in [0.2, 0.25) is 0 Å². The van der Waals surface area contributed by atoms with Crippen molar-refractivity contribution in [2.45, 2.75) is 56.1 Å². The van der Waals surface area contributed by atoms with E-state index in [1.807, 2.05) is 44.2 Å². The van der Waals surface area contributed by atoms with E-state index in [-0.39, 0.29) is 23.9 Å². The van der Waals surface area contributed by atoms with E-state index in [1.54, 1.807) is 30.5 Å². The number of amides is 1. The zero-order chi connectivity index (χ0) is 17.7. The Hall–Kier alpha value is -1.53. The number of esters is 1. The number of benzene rings is 1. The van der Waals surface area contributed by atoms with Crippen LogP contribution in [0.15, 0.2) is 30.3 Å². The Morgan fingerprint density at radius 3 is 2.54 bits per heavy atom. The molecule has 2 aliphatic heterocycles. The first-order valence-corrected chi connectivity index (χ1v) is 8.94. The summed E-state index contributed by atoms with van der Waals surface area (Å²) in [5, 5.41) is 10.0. The number of thioether (sulfide) groups is 1. The fourth-order valence-corrected chi connectivity index (χ4v) is 5.34. The van der Waals surface area contributed by atoms with Crippen LogP contribution in [0, 0.1) is 5.92 Å². The number of hydrogen-bond acceptors (Lipinski definition) is 5. The number of β-lactam (4-membered cyclic amide) rings is 1. The van der Waals surface area contributed by atoms with Crippen LogP contribution in [0.1, 0.15) is 33.3 Å². The number of hydrogen-bond donors (Lipinski definition) is 1. The third-order valence-electron chi connectivity index (χ3n) is 4.65. The molecule has 130 valence electrons. The van der Waals surface area contributed by atoms with Crippen LogP contribution in [-0.2, 0) is 20.9 Å². The summed E-state index contributed by atoms with van der Waals surface area (Å²) in [5.74, 6) is -1.04. The summed E-state index contributed by atoms with van der Waals surface area (Å²) in [4.78, 5) is 26.7. The second kappa shape index (κ2) is 5.77. The Kier molecular flexibility index (Phi) is 4.16. The highest BCUT2D eigenvalue weighted by molar-refractivity contribution is 8.01. The third-order valence-corrected chi connectivity index (χ3v) is 6.22.